The Labute approximate surface area is 157 Å². The number of nitriles is 1. The Balaban J connectivity index is 1.50. The number of pyridine rings is 1. The van der Waals surface area contributed by atoms with Crippen LogP contribution >= 0.6 is 11.3 Å². The highest BCUT2D eigenvalue weighted by molar-refractivity contribution is 7.11. The van der Waals surface area contributed by atoms with E-state index in [9.17, 15) is 10.1 Å². The van der Waals surface area contributed by atoms with Gasteiger partial charge in [0.05, 0.1) is 10.6 Å². The lowest BCUT2D eigenvalue weighted by atomic mass is 10.2. The van der Waals surface area contributed by atoms with Crippen LogP contribution < -0.4 is 10.2 Å². The SMILES string of the molecule is Cc1cnc(C(C)CNC(=O)N2CCN(c3ncccc3C#N)CC2)s1. The molecule has 0 aromatic carbocycles. The number of nitrogens with one attached hydrogen (secondary N) is 1. The standard InChI is InChI=1S/C18H22N6OS/c1-13(17-21-12-14(2)26-17)11-22-18(25)24-8-6-23(7-9-24)16-15(10-19)4-3-5-20-16/h3-5,12-13H,6-9,11H2,1-2H3,(H,22,25). The molecule has 0 saturated carbocycles. The van der Waals surface area contributed by atoms with E-state index in [-0.39, 0.29) is 11.9 Å². The minimum atomic E-state index is -0.0497. The highest BCUT2D eigenvalue weighted by Gasteiger charge is 2.23. The number of aromatic nitrogens is 2. The Bertz CT molecular complexity index is 806. The van der Waals surface area contributed by atoms with Gasteiger partial charge >= 0.3 is 6.03 Å². The summed E-state index contributed by atoms with van der Waals surface area (Å²) in [6.45, 7) is 7.23. The zero-order valence-electron chi connectivity index (χ0n) is 15.0. The maximum absolute atomic E-state index is 12.4. The fourth-order valence-electron chi connectivity index (χ4n) is 2.90. The van der Waals surface area contributed by atoms with Gasteiger partial charge in [-0.15, -0.1) is 11.3 Å². The first-order valence-electron chi connectivity index (χ1n) is 8.63. The predicted octanol–water partition coefficient (Wildman–Crippen LogP) is 2.35. The molecular formula is C18H22N6OS. The van der Waals surface area contributed by atoms with E-state index in [1.54, 1.807) is 29.7 Å². The van der Waals surface area contributed by atoms with Gasteiger partial charge in [0, 0.05) is 55.9 Å². The Morgan fingerprint density at radius 1 is 1.38 bits per heavy atom. The van der Waals surface area contributed by atoms with Gasteiger partial charge in [-0.3, -0.25) is 0 Å². The van der Waals surface area contributed by atoms with E-state index in [1.807, 2.05) is 18.0 Å². The van der Waals surface area contributed by atoms with Crippen LogP contribution in [0.4, 0.5) is 10.6 Å². The number of nitrogens with zero attached hydrogens (tertiary/aromatic N) is 5. The molecule has 1 saturated heterocycles. The molecule has 1 atom stereocenters. The van der Waals surface area contributed by atoms with Crippen LogP contribution in [-0.4, -0.2) is 53.6 Å². The number of aryl methyl sites for hydroxylation is 1. The lowest BCUT2D eigenvalue weighted by Gasteiger charge is -2.35. The first-order valence-corrected chi connectivity index (χ1v) is 9.45. The van der Waals surface area contributed by atoms with Crippen molar-refractivity contribution in [3.8, 4) is 6.07 Å². The van der Waals surface area contributed by atoms with E-state index in [1.165, 1.54) is 4.88 Å². The quantitative estimate of drug-likeness (QED) is 0.893. The normalized spacial score (nSPS) is 15.4. The number of amides is 2. The molecule has 2 aromatic rings. The van der Waals surface area contributed by atoms with Gasteiger partial charge in [0.15, 0.2) is 0 Å². The van der Waals surface area contributed by atoms with E-state index in [0.29, 0.717) is 44.1 Å². The van der Waals surface area contributed by atoms with Gasteiger partial charge in [0.1, 0.15) is 11.9 Å². The van der Waals surface area contributed by atoms with Crippen LogP contribution in [-0.2, 0) is 0 Å². The van der Waals surface area contributed by atoms with Crippen LogP contribution in [0.15, 0.2) is 24.5 Å². The van der Waals surface area contributed by atoms with E-state index >= 15 is 0 Å². The number of hydrogen-bond acceptors (Lipinski definition) is 6. The molecule has 1 unspecified atom stereocenters. The molecule has 0 aliphatic carbocycles. The molecule has 0 spiro atoms. The summed E-state index contributed by atoms with van der Waals surface area (Å²) in [5, 5.41) is 13.3. The molecule has 1 N–H and O–H groups in total. The van der Waals surface area contributed by atoms with Crippen molar-refractivity contribution in [2.24, 2.45) is 0 Å². The van der Waals surface area contributed by atoms with Crippen molar-refractivity contribution in [2.45, 2.75) is 19.8 Å². The number of carbonyl (C=O) groups excluding carboxylic acids is 1. The molecule has 136 valence electrons. The number of carbonyl (C=O) groups is 1. The summed E-state index contributed by atoms with van der Waals surface area (Å²) in [5.41, 5.74) is 0.568. The molecule has 0 bridgehead atoms. The molecule has 1 fully saturated rings. The zero-order chi connectivity index (χ0) is 18.5. The lowest BCUT2D eigenvalue weighted by Crippen LogP contribution is -2.52. The van der Waals surface area contributed by atoms with Gasteiger partial charge in [0.2, 0.25) is 0 Å². The molecule has 7 nitrogen and oxygen atoms in total. The second-order valence-electron chi connectivity index (χ2n) is 6.36. The van der Waals surface area contributed by atoms with E-state index in [4.69, 9.17) is 0 Å². The largest absolute Gasteiger partial charge is 0.352 e. The number of hydrogen-bond donors (Lipinski definition) is 1. The highest BCUT2D eigenvalue weighted by atomic mass is 32.1. The fraction of sp³-hybridized carbons (Fsp3) is 0.444. The van der Waals surface area contributed by atoms with Crippen LogP contribution in [0.25, 0.3) is 0 Å². The van der Waals surface area contributed by atoms with E-state index < -0.39 is 0 Å². The lowest BCUT2D eigenvalue weighted by molar-refractivity contribution is 0.193. The number of thiazole rings is 1. The van der Waals surface area contributed by atoms with Gasteiger partial charge in [0.25, 0.3) is 0 Å². The molecule has 3 rings (SSSR count). The summed E-state index contributed by atoms with van der Waals surface area (Å²) >= 11 is 1.67. The van der Waals surface area contributed by atoms with Crippen molar-refractivity contribution in [3.05, 3.63) is 40.0 Å². The van der Waals surface area contributed by atoms with E-state index in [0.717, 1.165) is 5.01 Å². The van der Waals surface area contributed by atoms with Gasteiger partial charge < -0.3 is 15.1 Å². The molecule has 3 heterocycles. The Hall–Kier alpha value is -2.66. The summed E-state index contributed by atoms with van der Waals surface area (Å²) in [7, 11) is 0. The Morgan fingerprint density at radius 3 is 2.81 bits per heavy atom. The van der Waals surface area contributed by atoms with Crippen molar-refractivity contribution in [1.29, 1.82) is 5.26 Å². The first kappa shape index (κ1) is 18.1. The number of rotatable bonds is 4. The van der Waals surface area contributed by atoms with Gasteiger partial charge in [-0.1, -0.05) is 6.92 Å². The molecule has 26 heavy (non-hydrogen) atoms. The second kappa shape index (κ2) is 8.15. The molecule has 2 aromatic heterocycles. The van der Waals surface area contributed by atoms with Crippen molar-refractivity contribution in [3.63, 3.8) is 0 Å². The molecule has 2 amide bonds. The van der Waals surface area contributed by atoms with Crippen LogP contribution in [0, 0.1) is 18.3 Å². The second-order valence-corrected chi connectivity index (χ2v) is 7.62. The third-order valence-corrected chi connectivity index (χ3v) is 5.54. The monoisotopic (exact) mass is 370 g/mol. The molecule has 1 aliphatic rings. The maximum atomic E-state index is 12.4. The van der Waals surface area contributed by atoms with Gasteiger partial charge in [-0.2, -0.15) is 5.26 Å². The third kappa shape index (κ3) is 4.11. The molecule has 0 radical (unpaired) electrons. The smallest absolute Gasteiger partial charge is 0.317 e. The zero-order valence-corrected chi connectivity index (χ0v) is 15.8. The van der Waals surface area contributed by atoms with Crippen molar-refractivity contribution in [1.82, 2.24) is 20.2 Å². The number of urea groups is 1. The average molecular weight is 370 g/mol. The number of anilines is 1. The Kier molecular flexibility index (Phi) is 5.68. The third-order valence-electron chi connectivity index (χ3n) is 4.39. The minimum absolute atomic E-state index is 0.0497. The maximum Gasteiger partial charge on any atom is 0.317 e. The van der Waals surface area contributed by atoms with Crippen molar-refractivity contribution in [2.75, 3.05) is 37.6 Å². The van der Waals surface area contributed by atoms with Crippen LogP contribution in [0.3, 0.4) is 0 Å². The summed E-state index contributed by atoms with van der Waals surface area (Å²) in [4.78, 5) is 26.2. The van der Waals surface area contributed by atoms with E-state index in [2.05, 4.69) is 33.2 Å². The van der Waals surface area contributed by atoms with Gasteiger partial charge in [-0.25, -0.2) is 14.8 Å². The first-order chi connectivity index (χ1) is 12.6. The topological polar surface area (TPSA) is 85.2 Å². The molecule has 1 aliphatic heterocycles. The fourth-order valence-corrected chi connectivity index (χ4v) is 3.72. The number of piperazine rings is 1. The molecule has 8 heteroatoms. The molecular weight excluding hydrogens is 348 g/mol. The van der Waals surface area contributed by atoms with Crippen molar-refractivity contribution < 1.29 is 4.79 Å². The average Bonchev–Trinajstić information content (AvgIpc) is 3.12. The van der Waals surface area contributed by atoms with Crippen LogP contribution in [0.2, 0.25) is 0 Å². The van der Waals surface area contributed by atoms with Crippen molar-refractivity contribution >= 4 is 23.2 Å². The summed E-state index contributed by atoms with van der Waals surface area (Å²) in [5.74, 6) is 0.897. The van der Waals surface area contributed by atoms with Gasteiger partial charge in [-0.05, 0) is 19.1 Å². The van der Waals surface area contributed by atoms with Crippen LogP contribution in [0.5, 0.6) is 0 Å². The summed E-state index contributed by atoms with van der Waals surface area (Å²) < 4.78 is 0. The van der Waals surface area contributed by atoms with Crippen LogP contribution in [0.1, 0.15) is 28.3 Å². The minimum Gasteiger partial charge on any atom is -0.352 e. The Morgan fingerprint density at radius 2 is 2.15 bits per heavy atom. The predicted molar refractivity (Wildman–Crippen MR) is 101 cm³/mol. The summed E-state index contributed by atoms with van der Waals surface area (Å²) in [6.07, 6.45) is 3.56. The highest BCUT2D eigenvalue weighted by Crippen LogP contribution is 2.21. The summed E-state index contributed by atoms with van der Waals surface area (Å²) in [6, 6.07) is 5.65.